The molecule has 4 N–H and O–H groups in total. The number of H-pyrrole nitrogens is 1. The Hall–Kier alpha value is -3.39. The lowest BCUT2D eigenvalue weighted by Crippen LogP contribution is -2.35. The highest BCUT2D eigenvalue weighted by Crippen LogP contribution is 2.40. The minimum atomic E-state index is -0.557. The maximum atomic E-state index is 15.0. The number of nitrogens with one attached hydrogen (secondary N) is 2. The predicted octanol–water partition coefficient (Wildman–Crippen LogP) is 3.64. The van der Waals surface area contributed by atoms with Gasteiger partial charge in [-0.1, -0.05) is 6.07 Å². The van der Waals surface area contributed by atoms with Gasteiger partial charge in [-0.3, -0.25) is 9.59 Å². The van der Waals surface area contributed by atoms with Gasteiger partial charge in [-0.15, -0.1) is 0 Å². The van der Waals surface area contributed by atoms with Gasteiger partial charge >= 0.3 is 0 Å². The van der Waals surface area contributed by atoms with Gasteiger partial charge < -0.3 is 25.7 Å². The first-order valence-corrected chi connectivity index (χ1v) is 12.1. The number of halogens is 1. The van der Waals surface area contributed by atoms with Crippen molar-refractivity contribution in [2.45, 2.75) is 32.6 Å². The van der Waals surface area contributed by atoms with Gasteiger partial charge in [0.1, 0.15) is 11.6 Å². The van der Waals surface area contributed by atoms with Crippen LogP contribution < -0.4 is 15.8 Å². The van der Waals surface area contributed by atoms with E-state index in [1.54, 1.807) is 24.3 Å². The minimum Gasteiger partial charge on any atom is -0.494 e. The molecule has 1 heterocycles. The largest absolute Gasteiger partial charge is 0.494 e. The summed E-state index contributed by atoms with van der Waals surface area (Å²) in [7, 11) is 4.02. The van der Waals surface area contributed by atoms with E-state index in [0.717, 1.165) is 29.6 Å². The molecule has 0 spiro atoms. The number of nitrogens with two attached hydrogens (primary N) is 1. The second-order valence-corrected chi connectivity index (χ2v) is 9.32. The molecule has 0 fully saturated rings. The molecule has 4 rings (SSSR count). The Balaban J connectivity index is 1.70. The topological polar surface area (TPSA) is 100 Å². The Bertz CT molecular complexity index is 1250. The van der Waals surface area contributed by atoms with Crippen molar-refractivity contribution in [2.24, 2.45) is 11.7 Å². The van der Waals surface area contributed by atoms with Crippen LogP contribution in [0.2, 0.25) is 0 Å². The maximum Gasteiger partial charge on any atom is 0.250 e. The number of aromatic amines is 1. The Morgan fingerprint density at radius 2 is 2.03 bits per heavy atom. The zero-order valence-electron chi connectivity index (χ0n) is 20.5. The number of aromatic nitrogens is 1. The first-order valence-electron chi connectivity index (χ1n) is 12.1. The number of ether oxygens (including phenoxy) is 1. The third-order valence-electron chi connectivity index (χ3n) is 6.60. The molecule has 8 heteroatoms. The number of primary amides is 1. The van der Waals surface area contributed by atoms with E-state index in [0.29, 0.717) is 60.4 Å². The molecule has 1 aliphatic carbocycles. The standard InChI is InChI=1S/C27H33FN4O3/c1-4-35-17-7-11-22(28)21(15-17)18-9-10-20(26(29)33)25-24(18)19-8-6-16(14-23(19)31-25)27(34)30-12-5-13-32(2)3/h7,9-11,15-16,31H,4-6,8,12-14H2,1-3H3,(H2,29,33)(H,30,34). The highest BCUT2D eigenvalue weighted by Gasteiger charge is 2.29. The van der Waals surface area contributed by atoms with Crippen LogP contribution in [0.3, 0.4) is 0 Å². The van der Waals surface area contributed by atoms with E-state index in [9.17, 15) is 14.0 Å². The van der Waals surface area contributed by atoms with E-state index in [-0.39, 0.29) is 17.6 Å². The molecular weight excluding hydrogens is 447 g/mol. The molecule has 1 atom stereocenters. The first-order chi connectivity index (χ1) is 16.8. The molecule has 186 valence electrons. The third-order valence-corrected chi connectivity index (χ3v) is 6.60. The van der Waals surface area contributed by atoms with Crippen LogP contribution in [0.4, 0.5) is 4.39 Å². The van der Waals surface area contributed by atoms with Crippen LogP contribution >= 0.6 is 0 Å². The van der Waals surface area contributed by atoms with Gasteiger partial charge in [-0.25, -0.2) is 4.39 Å². The fourth-order valence-corrected chi connectivity index (χ4v) is 4.91. The molecule has 1 unspecified atom stereocenters. The molecule has 0 saturated heterocycles. The van der Waals surface area contributed by atoms with Gasteiger partial charge in [0.2, 0.25) is 5.91 Å². The zero-order chi connectivity index (χ0) is 25.1. The second kappa shape index (κ2) is 10.5. The second-order valence-electron chi connectivity index (χ2n) is 9.32. The first kappa shape index (κ1) is 24.7. The molecule has 35 heavy (non-hydrogen) atoms. The monoisotopic (exact) mass is 480 g/mol. The van der Waals surface area contributed by atoms with E-state index in [1.807, 2.05) is 21.0 Å². The van der Waals surface area contributed by atoms with Crippen LogP contribution in [0.25, 0.3) is 22.0 Å². The Morgan fingerprint density at radius 1 is 1.23 bits per heavy atom. The summed E-state index contributed by atoms with van der Waals surface area (Å²) < 4.78 is 20.6. The zero-order valence-corrected chi connectivity index (χ0v) is 20.5. The summed E-state index contributed by atoms with van der Waals surface area (Å²) in [6, 6.07) is 8.05. The van der Waals surface area contributed by atoms with Gasteiger partial charge in [-0.2, -0.15) is 0 Å². The van der Waals surface area contributed by atoms with Gasteiger partial charge in [0.05, 0.1) is 17.7 Å². The normalized spacial score (nSPS) is 15.3. The molecule has 1 aromatic heterocycles. The molecule has 2 amide bonds. The number of amides is 2. The van der Waals surface area contributed by atoms with Gasteiger partial charge in [-0.05, 0) is 88.6 Å². The number of carbonyl (C=O) groups is 2. The number of fused-ring (bicyclic) bond motifs is 3. The van der Waals surface area contributed by atoms with E-state index >= 15 is 0 Å². The number of aryl methyl sites for hydroxylation is 1. The molecule has 7 nitrogen and oxygen atoms in total. The van der Waals surface area contributed by atoms with Crippen molar-refractivity contribution in [3.05, 3.63) is 53.0 Å². The summed E-state index contributed by atoms with van der Waals surface area (Å²) in [5, 5.41) is 3.83. The van der Waals surface area contributed by atoms with Crippen molar-refractivity contribution in [3.8, 4) is 16.9 Å². The Labute approximate surface area is 204 Å². The summed E-state index contributed by atoms with van der Waals surface area (Å²) in [6.07, 6.45) is 2.75. The van der Waals surface area contributed by atoms with Crippen LogP contribution in [-0.2, 0) is 17.6 Å². The van der Waals surface area contributed by atoms with Gasteiger partial charge in [0.25, 0.3) is 5.91 Å². The summed E-state index contributed by atoms with van der Waals surface area (Å²) in [5.41, 5.74) is 9.59. The summed E-state index contributed by atoms with van der Waals surface area (Å²) in [6.45, 7) is 3.90. The number of rotatable bonds is 9. The fraction of sp³-hybridized carbons (Fsp3) is 0.407. The van der Waals surface area contributed by atoms with Crippen LogP contribution in [-0.4, -0.2) is 55.5 Å². The van der Waals surface area contributed by atoms with E-state index in [2.05, 4.69) is 15.2 Å². The van der Waals surface area contributed by atoms with Crippen molar-refractivity contribution < 1.29 is 18.7 Å². The Kier molecular flexibility index (Phi) is 7.40. The van der Waals surface area contributed by atoms with Crippen LogP contribution in [0.5, 0.6) is 5.75 Å². The summed E-state index contributed by atoms with van der Waals surface area (Å²) >= 11 is 0. The van der Waals surface area contributed by atoms with Gasteiger partial charge in [0.15, 0.2) is 0 Å². The highest BCUT2D eigenvalue weighted by atomic mass is 19.1. The van der Waals surface area contributed by atoms with E-state index < -0.39 is 5.91 Å². The third kappa shape index (κ3) is 5.17. The average molecular weight is 481 g/mol. The van der Waals surface area contributed by atoms with Crippen molar-refractivity contribution in [3.63, 3.8) is 0 Å². The van der Waals surface area contributed by atoms with Crippen LogP contribution in [0.15, 0.2) is 30.3 Å². The quantitative estimate of drug-likeness (QED) is 0.407. The number of hydrogen-bond acceptors (Lipinski definition) is 4. The maximum absolute atomic E-state index is 15.0. The summed E-state index contributed by atoms with van der Waals surface area (Å²) in [5.74, 6) is -0.472. The minimum absolute atomic E-state index is 0.0406. The fourth-order valence-electron chi connectivity index (χ4n) is 4.91. The average Bonchev–Trinajstić information content (AvgIpc) is 3.21. The van der Waals surface area contributed by atoms with Crippen LogP contribution in [0.1, 0.15) is 41.4 Å². The molecule has 1 aliphatic rings. The van der Waals surface area contributed by atoms with Crippen molar-refractivity contribution in [1.82, 2.24) is 15.2 Å². The van der Waals surface area contributed by atoms with Crippen molar-refractivity contribution >= 4 is 22.7 Å². The predicted molar refractivity (Wildman–Crippen MR) is 135 cm³/mol. The molecule has 0 bridgehead atoms. The lowest BCUT2D eigenvalue weighted by molar-refractivity contribution is -0.125. The smallest absolute Gasteiger partial charge is 0.250 e. The number of nitrogens with zero attached hydrogens (tertiary/aromatic N) is 1. The molecular formula is C27H33FN4O3. The highest BCUT2D eigenvalue weighted by molar-refractivity contribution is 6.11. The number of hydrogen-bond donors (Lipinski definition) is 3. The molecule has 0 saturated carbocycles. The number of carbonyl (C=O) groups excluding carboxylic acids is 2. The van der Waals surface area contributed by atoms with Crippen LogP contribution in [0, 0.1) is 11.7 Å². The SMILES string of the molecule is CCOc1ccc(F)c(-c2ccc(C(N)=O)c3[nH]c4c(c23)CCC(C(=O)NCCCN(C)C)C4)c1. The van der Waals surface area contributed by atoms with Crippen molar-refractivity contribution in [2.75, 3.05) is 33.8 Å². The Morgan fingerprint density at radius 3 is 2.74 bits per heavy atom. The lowest BCUT2D eigenvalue weighted by atomic mass is 9.84. The van der Waals surface area contributed by atoms with E-state index in [1.165, 1.54) is 6.07 Å². The lowest BCUT2D eigenvalue weighted by Gasteiger charge is -2.22. The number of benzene rings is 2. The molecule has 3 aromatic rings. The summed E-state index contributed by atoms with van der Waals surface area (Å²) in [4.78, 5) is 30.4. The molecule has 0 radical (unpaired) electrons. The molecule has 0 aliphatic heterocycles. The van der Waals surface area contributed by atoms with E-state index in [4.69, 9.17) is 10.5 Å². The van der Waals surface area contributed by atoms with Gasteiger partial charge in [0, 0.05) is 29.1 Å². The van der Waals surface area contributed by atoms with Crippen molar-refractivity contribution in [1.29, 1.82) is 0 Å². The molecule has 2 aromatic carbocycles.